The maximum absolute atomic E-state index is 11.9. The number of benzene rings is 1. The van der Waals surface area contributed by atoms with Gasteiger partial charge in [-0.1, -0.05) is 11.6 Å². The van der Waals surface area contributed by atoms with Crippen molar-refractivity contribution in [3.63, 3.8) is 0 Å². The Morgan fingerprint density at radius 2 is 2.08 bits per heavy atom. The molecule has 0 aromatic heterocycles. The molecule has 0 saturated carbocycles. The largest absolute Gasteiger partial charge is 0.491 e. The van der Waals surface area contributed by atoms with Crippen LogP contribution in [0.5, 0.6) is 11.5 Å². The Bertz CT molecular complexity index is 655. The quantitative estimate of drug-likeness (QED) is 0.350. The fourth-order valence-electron chi connectivity index (χ4n) is 2.03. The predicted octanol–water partition coefficient (Wildman–Crippen LogP) is 2.29. The van der Waals surface area contributed by atoms with Crippen molar-refractivity contribution in [2.45, 2.75) is 19.9 Å². The molecule has 9 heteroatoms. The molecule has 0 spiro atoms. The van der Waals surface area contributed by atoms with Crippen LogP contribution in [0.4, 0.5) is 0 Å². The number of hydrogen-bond acceptors (Lipinski definition) is 5. The first-order valence-electron chi connectivity index (χ1n) is 7.95. The van der Waals surface area contributed by atoms with E-state index in [-0.39, 0.29) is 11.9 Å². The van der Waals surface area contributed by atoms with Crippen molar-refractivity contribution in [1.29, 1.82) is 0 Å². The summed E-state index contributed by atoms with van der Waals surface area (Å²) in [7, 11) is 3.12. The van der Waals surface area contributed by atoms with Crippen LogP contribution in [0.3, 0.4) is 0 Å². The molecule has 144 valence electrons. The predicted molar refractivity (Wildman–Crippen MR) is 107 cm³/mol. The molecule has 0 aliphatic heterocycles. The van der Waals surface area contributed by atoms with E-state index in [1.165, 1.54) is 13.2 Å². The van der Waals surface area contributed by atoms with Crippen molar-refractivity contribution >= 4 is 40.9 Å². The second-order valence-corrected chi connectivity index (χ2v) is 6.06. The van der Waals surface area contributed by atoms with E-state index < -0.39 is 0 Å². The number of ether oxygens (including phenoxy) is 3. The maximum atomic E-state index is 11.9. The van der Waals surface area contributed by atoms with Gasteiger partial charge >= 0.3 is 0 Å². The standard InChI is InChI=1S/C17H24ClN3O4S/c1-5-25-14-9-12(8-13(18)16(14)24-4)6-7-15(22)20-21-17(26)19-11(2)10-23-3/h6-9,11H,5,10H2,1-4H3,(H,20,22)(H2,19,21,26)/b7-6+/t11-/m0/s1. The SMILES string of the molecule is CCOc1cc(/C=C/C(=O)NNC(=S)N[C@@H](C)COC)cc(Cl)c1OC. The summed E-state index contributed by atoms with van der Waals surface area (Å²) >= 11 is 11.2. The van der Waals surface area contributed by atoms with Crippen LogP contribution in [0, 0.1) is 0 Å². The Kier molecular flexibility index (Phi) is 9.79. The van der Waals surface area contributed by atoms with E-state index in [1.54, 1.807) is 25.3 Å². The van der Waals surface area contributed by atoms with Crippen LogP contribution in [-0.4, -0.2) is 44.5 Å². The Hall–Kier alpha value is -2.03. The minimum Gasteiger partial charge on any atom is -0.491 e. The van der Waals surface area contributed by atoms with Crippen LogP contribution < -0.4 is 25.6 Å². The molecule has 1 rings (SSSR count). The minimum absolute atomic E-state index is 0.0193. The molecule has 0 heterocycles. The number of nitrogens with one attached hydrogen (secondary N) is 3. The Morgan fingerprint density at radius 1 is 1.35 bits per heavy atom. The summed E-state index contributed by atoms with van der Waals surface area (Å²) in [6, 6.07) is 3.44. The van der Waals surface area contributed by atoms with Crippen molar-refractivity contribution in [3.8, 4) is 11.5 Å². The number of rotatable bonds is 8. The zero-order valence-corrected chi connectivity index (χ0v) is 16.8. The number of thiocarbonyl (C=S) groups is 1. The molecule has 7 nitrogen and oxygen atoms in total. The van der Waals surface area contributed by atoms with Crippen molar-refractivity contribution in [2.75, 3.05) is 27.4 Å². The van der Waals surface area contributed by atoms with Gasteiger partial charge in [0, 0.05) is 19.2 Å². The fourth-order valence-corrected chi connectivity index (χ4v) is 2.58. The van der Waals surface area contributed by atoms with Gasteiger partial charge in [0.15, 0.2) is 16.6 Å². The van der Waals surface area contributed by atoms with E-state index in [4.69, 9.17) is 38.0 Å². The average Bonchev–Trinajstić information content (AvgIpc) is 2.58. The summed E-state index contributed by atoms with van der Waals surface area (Å²) < 4.78 is 15.7. The van der Waals surface area contributed by atoms with E-state index in [1.807, 2.05) is 13.8 Å². The van der Waals surface area contributed by atoms with E-state index in [0.717, 1.165) is 0 Å². The molecular weight excluding hydrogens is 378 g/mol. The first-order valence-corrected chi connectivity index (χ1v) is 8.73. The van der Waals surface area contributed by atoms with Crippen molar-refractivity contribution < 1.29 is 19.0 Å². The van der Waals surface area contributed by atoms with Gasteiger partial charge < -0.3 is 19.5 Å². The van der Waals surface area contributed by atoms with E-state index in [2.05, 4.69) is 16.2 Å². The van der Waals surface area contributed by atoms with Crippen LogP contribution in [0.15, 0.2) is 18.2 Å². The molecule has 0 aliphatic carbocycles. The van der Waals surface area contributed by atoms with Crippen molar-refractivity contribution in [2.24, 2.45) is 0 Å². The average molecular weight is 402 g/mol. The highest BCUT2D eigenvalue weighted by Crippen LogP contribution is 2.36. The second kappa shape index (κ2) is 11.6. The summed E-state index contributed by atoms with van der Waals surface area (Å²) in [5, 5.41) is 3.65. The Labute approximate surface area is 164 Å². The normalized spacial score (nSPS) is 11.7. The lowest BCUT2D eigenvalue weighted by molar-refractivity contribution is -0.116. The van der Waals surface area contributed by atoms with Gasteiger partial charge in [-0.3, -0.25) is 15.6 Å². The third-order valence-corrected chi connectivity index (χ3v) is 3.56. The lowest BCUT2D eigenvalue weighted by Gasteiger charge is -2.15. The van der Waals surface area contributed by atoms with Crippen LogP contribution in [0.2, 0.25) is 5.02 Å². The highest BCUT2D eigenvalue weighted by molar-refractivity contribution is 7.80. The molecule has 1 aromatic carbocycles. The molecule has 0 bridgehead atoms. The number of carbonyl (C=O) groups is 1. The molecule has 0 aliphatic rings. The summed E-state index contributed by atoms with van der Waals surface area (Å²) in [5.74, 6) is 0.593. The maximum Gasteiger partial charge on any atom is 0.262 e. The van der Waals surface area contributed by atoms with Gasteiger partial charge in [0.25, 0.3) is 5.91 Å². The molecule has 0 radical (unpaired) electrons. The van der Waals surface area contributed by atoms with Gasteiger partial charge in [0.1, 0.15) is 0 Å². The lowest BCUT2D eigenvalue weighted by atomic mass is 10.2. The van der Waals surface area contributed by atoms with Gasteiger partial charge in [0.05, 0.1) is 25.3 Å². The molecular formula is C17H24ClN3O4S. The van der Waals surface area contributed by atoms with E-state index in [9.17, 15) is 4.79 Å². The number of carbonyl (C=O) groups excluding carboxylic acids is 1. The summed E-state index contributed by atoms with van der Waals surface area (Å²) in [5.41, 5.74) is 5.78. The molecule has 0 unspecified atom stereocenters. The minimum atomic E-state index is -0.376. The first-order chi connectivity index (χ1) is 12.4. The zero-order chi connectivity index (χ0) is 19.5. The zero-order valence-electron chi connectivity index (χ0n) is 15.2. The molecule has 1 amide bonds. The monoisotopic (exact) mass is 401 g/mol. The van der Waals surface area contributed by atoms with Crippen LogP contribution >= 0.6 is 23.8 Å². The third-order valence-electron chi connectivity index (χ3n) is 3.06. The second-order valence-electron chi connectivity index (χ2n) is 5.24. The summed E-state index contributed by atoms with van der Waals surface area (Å²) in [4.78, 5) is 11.9. The highest BCUT2D eigenvalue weighted by atomic mass is 35.5. The van der Waals surface area contributed by atoms with Gasteiger partial charge in [-0.05, 0) is 49.8 Å². The Balaban J connectivity index is 2.64. The number of hydrazine groups is 1. The third kappa shape index (κ3) is 7.47. The van der Waals surface area contributed by atoms with Gasteiger partial charge in [0.2, 0.25) is 0 Å². The van der Waals surface area contributed by atoms with Crippen molar-refractivity contribution in [3.05, 3.63) is 28.8 Å². The van der Waals surface area contributed by atoms with Crippen LogP contribution in [-0.2, 0) is 9.53 Å². The van der Waals surface area contributed by atoms with E-state index >= 15 is 0 Å². The summed E-state index contributed by atoms with van der Waals surface area (Å²) in [6.45, 7) is 4.73. The van der Waals surface area contributed by atoms with Gasteiger partial charge in [-0.25, -0.2) is 0 Å². The molecule has 0 saturated heterocycles. The van der Waals surface area contributed by atoms with Crippen LogP contribution in [0.1, 0.15) is 19.4 Å². The topological polar surface area (TPSA) is 80.9 Å². The van der Waals surface area contributed by atoms with Gasteiger partial charge in [-0.2, -0.15) is 0 Å². The molecule has 0 fully saturated rings. The molecule has 1 atom stereocenters. The molecule has 1 aromatic rings. The summed E-state index contributed by atoms with van der Waals surface area (Å²) in [6.07, 6.45) is 2.96. The first kappa shape index (κ1) is 22.0. The molecule has 3 N–H and O–H groups in total. The lowest BCUT2D eigenvalue weighted by Crippen LogP contribution is -2.49. The smallest absolute Gasteiger partial charge is 0.262 e. The van der Waals surface area contributed by atoms with Gasteiger partial charge in [-0.15, -0.1) is 0 Å². The number of amides is 1. The highest BCUT2D eigenvalue weighted by Gasteiger charge is 2.10. The number of methoxy groups -OCH3 is 2. The van der Waals surface area contributed by atoms with E-state index in [0.29, 0.717) is 40.4 Å². The molecule has 26 heavy (non-hydrogen) atoms. The number of halogens is 1. The van der Waals surface area contributed by atoms with Crippen molar-refractivity contribution in [1.82, 2.24) is 16.2 Å². The van der Waals surface area contributed by atoms with Crippen LogP contribution in [0.25, 0.3) is 6.08 Å². The Morgan fingerprint density at radius 3 is 2.69 bits per heavy atom. The number of hydrogen-bond donors (Lipinski definition) is 3. The fraction of sp³-hybridized carbons (Fsp3) is 0.412.